The highest BCUT2D eigenvalue weighted by Gasteiger charge is 2.38. The third-order valence-electron chi connectivity index (χ3n) is 3.55. The molecule has 1 saturated carbocycles. The van der Waals surface area contributed by atoms with Crippen molar-refractivity contribution >= 4 is 11.8 Å². The number of hydrogen-bond acceptors (Lipinski definition) is 3. The fraction of sp³-hybridized carbons (Fsp3) is 0.846. The van der Waals surface area contributed by atoms with Gasteiger partial charge in [0.25, 0.3) is 0 Å². The molecule has 0 saturated heterocycles. The monoisotopic (exact) mass is 255 g/mol. The normalized spacial score (nSPS) is 18.2. The molecule has 1 aliphatic carbocycles. The van der Waals surface area contributed by atoms with Crippen LogP contribution in [-0.2, 0) is 9.59 Å². The molecule has 0 spiro atoms. The van der Waals surface area contributed by atoms with Crippen molar-refractivity contribution in [1.82, 2.24) is 10.2 Å². The quantitative estimate of drug-likeness (QED) is 0.756. The highest BCUT2D eigenvalue weighted by atomic mass is 16.2. The summed E-state index contributed by atoms with van der Waals surface area (Å²) >= 11 is 0. The molecule has 0 unspecified atom stereocenters. The number of carbonyl (C=O) groups is 2. The van der Waals surface area contributed by atoms with Crippen molar-refractivity contribution in [2.24, 2.45) is 5.73 Å². The van der Waals surface area contributed by atoms with Crippen molar-refractivity contribution in [3.63, 3.8) is 0 Å². The fourth-order valence-electron chi connectivity index (χ4n) is 2.47. The third-order valence-corrected chi connectivity index (χ3v) is 3.55. The summed E-state index contributed by atoms with van der Waals surface area (Å²) in [5.41, 5.74) is 5.46. The van der Waals surface area contributed by atoms with Crippen LogP contribution in [0.15, 0.2) is 0 Å². The van der Waals surface area contributed by atoms with Crippen molar-refractivity contribution in [2.45, 2.75) is 51.5 Å². The average Bonchev–Trinajstić information content (AvgIpc) is 2.36. The van der Waals surface area contributed by atoms with Crippen molar-refractivity contribution in [2.75, 3.05) is 19.6 Å². The molecule has 0 bridgehead atoms. The van der Waals surface area contributed by atoms with Crippen molar-refractivity contribution < 1.29 is 9.59 Å². The van der Waals surface area contributed by atoms with Gasteiger partial charge in [0.2, 0.25) is 11.8 Å². The Bertz CT molecular complexity index is 299. The van der Waals surface area contributed by atoms with Crippen LogP contribution < -0.4 is 11.1 Å². The molecule has 0 atom stereocenters. The minimum atomic E-state index is -0.749. The highest BCUT2D eigenvalue weighted by molar-refractivity contribution is 5.90. The minimum absolute atomic E-state index is 0.0732. The summed E-state index contributed by atoms with van der Waals surface area (Å²) in [5.74, 6) is -0.192. The van der Waals surface area contributed by atoms with E-state index in [1.165, 1.54) is 0 Å². The van der Waals surface area contributed by atoms with Crippen LogP contribution in [0, 0.1) is 0 Å². The van der Waals surface area contributed by atoms with Gasteiger partial charge >= 0.3 is 0 Å². The smallest absolute Gasteiger partial charge is 0.243 e. The van der Waals surface area contributed by atoms with E-state index in [4.69, 9.17) is 5.73 Å². The zero-order valence-electron chi connectivity index (χ0n) is 11.5. The zero-order chi connectivity index (χ0) is 13.6. The first-order valence-electron chi connectivity index (χ1n) is 6.88. The Morgan fingerprint density at radius 1 is 1.22 bits per heavy atom. The first kappa shape index (κ1) is 15.0. The van der Waals surface area contributed by atoms with E-state index in [0.717, 1.165) is 32.1 Å². The first-order valence-corrected chi connectivity index (χ1v) is 6.88. The van der Waals surface area contributed by atoms with E-state index in [2.05, 4.69) is 5.32 Å². The van der Waals surface area contributed by atoms with Crippen LogP contribution in [0.2, 0.25) is 0 Å². The topological polar surface area (TPSA) is 75.4 Å². The maximum Gasteiger partial charge on any atom is 0.243 e. The van der Waals surface area contributed by atoms with E-state index in [1.807, 2.05) is 13.8 Å². The maximum atomic E-state index is 12.4. The predicted molar refractivity (Wildman–Crippen MR) is 70.9 cm³/mol. The van der Waals surface area contributed by atoms with Gasteiger partial charge in [0.15, 0.2) is 0 Å². The lowest BCUT2D eigenvalue weighted by Gasteiger charge is -2.36. The summed E-state index contributed by atoms with van der Waals surface area (Å²) in [7, 11) is 0. The molecule has 1 rings (SSSR count). The van der Waals surface area contributed by atoms with Crippen LogP contribution in [0.5, 0.6) is 0 Å². The number of rotatable bonds is 5. The number of hydrogen-bond donors (Lipinski definition) is 2. The van der Waals surface area contributed by atoms with Gasteiger partial charge in [-0.05, 0) is 26.7 Å². The zero-order valence-corrected chi connectivity index (χ0v) is 11.5. The lowest BCUT2D eigenvalue weighted by atomic mass is 9.81. The average molecular weight is 255 g/mol. The van der Waals surface area contributed by atoms with Crippen molar-refractivity contribution in [1.29, 1.82) is 0 Å². The summed E-state index contributed by atoms with van der Waals surface area (Å²) in [6.07, 6.45) is 4.62. The Balaban J connectivity index is 2.63. The molecule has 0 heterocycles. The molecule has 18 heavy (non-hydrogen) atoms. The van der Waals surface area contributed by atoms with Gasteiger partial charge in [0, 0.05) is 13.1 Å². The van der Waals surface area contributed by atoms with Gasteiger partial charge in [-0.25, -0.2) is 0 Å². The summed E-state index contributed by atoms with van der Waals surface area (Å²) in [6, 6.07) is 0. The van der Waals surface area contributed by atoms with E-state index in [0.29, 0.717) is 13.1 Å². The fourth-order valence-corrected chi connectivity index (χ4v) is 2.47. The molecule has 5 nitrogen and oxygen atoms in total. The SMILES string of the molecule is CCNC(=O)CN(CC)C(=O)C1(N)CCCCC1. The van der Waals surface area contributed by atoms with Crippen molar-refractivity contribution in [3.8, 4) is 0 Å². The molecule has 0 aliphatic heterocycles. The van der Waals surface area contributed by atoms with Gasteiger partial charge < -0.3 is 16.0 Å². The van der Waals surface area contributed by atoms with Crippen LogP contribution in [0.25, 0.3) is 0 Å². The van der Waals surface area contributed by atoms with Crippen molar-refractivity contribution in [3.05, 3.63) is 0 Å². The molecule has 3 N–H and O–H groups in total. The summed E-state index contributed by atoms with van der Waals surface area (Å²) < 4.78 is 0. The molecule has 5 heteroatoms. The van der Waals surface area contributed by atoms with Gasteiger partial charge in [-0.1, -0.05) is 19.3 Å². The molecular weight excluding hydrogens is 230 g/mol. The molecule has 0 radical (unpaired) electrons. The Morgan fingerprint density at radius 3 is 2.33 bits per heavy atom. The second-order valence-corrected chi connectivity index (χ2v) is 4.99. The highest BCUT2D eigenvalue weighted by Crippen LogP contribution is 2.27. The molecule has 2 amide bonds. The second-order valence-electron chi connectivity index (χ2n) is 4.99. The molecule has 104 valence electrons. The Hall–Kier alpha value is -1.10. The lowest BCUT2D eigenvalue weighted by molar-refractivity contribution is -0.141. The molecular formula is C13H25N3O2. The predicted octanol–water partition coefficient (Wildman–Crippen LogP) is 0.633. The summed E-state index contributed by atoms with van der Waals surface area (Å²) in [6.45, 7) is 4.96. The van der Waals surface area contributed by atoms with Crippen LogP contribution >= 0.6 is 0 Å². The van der Waals surface area contributed by atoms with Crippen LogP contribution in [0.1, 0.15) is 46.0 Å². The Labute approximate surface area is 109 Å². The van der Waals surface area contributed by atoms with Gasteiger partial charge in [-0.15, -0.1) is 0 Å². The number of nitrogens with one attached hydrogen (secondary N) is 1. The number of amides is 2. The number of carbonyl (C=O) groups excluding carboxylic acids is 2. The van der Waals surface area contributed by atoms with E-state index in [9.17, 15) is 9.59 Å². The Kier molecular flexibility index (Phi) is 5.59. The third kappa shape index (κ3) is 3.70. The number of nitrogens with zero attached hydrogens (tertiary/aromatic N) is 1. The maximum absolute atomic E-state index is 12.4. The number of nitrogens with two attached hydrogens (primary N) is 1. The Morgan fingerprint density at radius 2 is 1.83 bits per heavy atom. The van der Waals surface area contributed by atoms with E-state index >= 15 is 0 Å². The molecule has 0 aromatic carbocycles. The van der Waals surface area contributed by atoms with E-state index in [1.54, 1.807) is 4.90 Å². The molecule has 1 fully saturated rings. The minimum Gasteiger partial charge on any atom is -0.355 e. The van der Waals surface area contributed by atoms with Crippen LogP contribution in [0.4, 0.5) is 0 Å². The second kappa shape index (κ2) is 6.73. The van der Waals surface area contributed by atoms with Crippen LogP contribution in [-0.4, -0.2) is 41.9 Å². The van der Waals surface area contributed by atoms with E-state index in [-0.39, 0.29) is 18.4 Å². The largest absolute Gasteiger partial charge is 0.355 e. The van der Waals surface area contributed by atoms with Crippen LogP contribution in [0.3, 0.4) is 0 Å². The van der Waals surface area contributed by atoms with Gasteiger partial charge in [-0.2, -0.15) is 0 Å². The van der Waals surface area contributed by atoms with Gasteiger partial charge in [0.1, 0.15) is 0 Å². The molecule has 0 aromatic rings. The molecule has 0 aromatic heterocycles. The lowest BCUT2D eigenvalue weighted by Crippen LogP contribution is -2.57. The first-order chi connectivity index (χ1) is 8.53. The van der Waals surface area contributed by atoms with Gasteiger partial charge in [-0.3, -0.25) is 9.59 Å². The summed E-state index contributed by atoms with van der Waals surface area (Å²) in [5, 5.41) is 2.71. The van der Waals surface area contributed by atoms with Gasteiger partial charge in [0.05, 0.1) is 12.1 Å². The summed E-state index contributed by atoms with van der Waals surface area (Å²) in [4.78, 5) is 25.5. The number of likely N-dealkylation sites (N-methyl/N-ethyl adjacent to an activating group) is 2. The molecule has 1 aliphatic rings. The van der Waals surface area contributed by atoms with E-state index < -0.39 is 5.54 Å². The standard InChI is InChI=1S/C13H25N3O2/c1-3-15-11(17)10-16(4-2)12(18)13(14)8-6-5-7-9-13/h3-10,14H2,1-2H3,(H,15,17).